The van der Waals surface area contributed by atoms with Crippen LogP contribution in [0.1, 0.15) is 0 Å². The first-order valence-corrected chi connectivity index (χ1v) is 16.9. The van der Waals surface area contributed by atoms with Crippen molar-refractivity contribution in [2.75, 3.05) is 0 Å². The molecule has 0 bridgehead atoms. The largest absolute Gasteiger partial charge is 0.456 e. The van der Waals surface area contributed by atoms with E-state index in [2.05, 4.69) is 170 Å². The smallest absolute Gasteiger partial charge is 0.136 e. The molecule has 0 unspecified atom stereocenters. The molecule has 0 aliphatic carbocycles. The van der Waals surface area contributed by atoms with Gasteiger partial charge in [-0.1, -0.05) is 133 Å². The van der Waals surface area contributed by atoms with Crippen molar-refractivity contribution in [2.45, 2.75) is 0 Å². The van der Waals surface area contributed by atoms with Gasteiger partial charge in [0.15, 0.2) is 0 Å². The quantitative estimate of drug-likeness (QED) is 0.175. The highest BCUT2D eigenvalue weighted by atomic mass is 16.5. The Morgan fingerprint density at radius 3 is 1.59 bits per heavy atom. The van der Waals surface area contributed by atoms with Crippen molar-refractivity contribution in [3.8, 4) is 44.9 Å². The van der Waals surface area contributed by atoms with Crippen molar-refractivity contribution in [1.29, 1.82) is 0 Å². The summed E-state index contributed by atoms with van der Waals surface area (Å²) in [5.74, 6) is 1.83. The molecule has 0 fully saturated rings. The summed E-state index contributed by atoms with van der Waals surface area (Å²) in [4.78, 5) is 0. The number of benzene rings is 10. The Labute approximate surface area is 283 Å². The molecule has 10 aromatic rings. The summed E-state index contributed by atoms with van der Waals surface area (Å²) in [5.41, 5.74) is 7.22. The first kappa shape index (κ1) is 26.6. The monoisotopic (exact) mass is 620 g/mol. The van der Waals surface area contributed by atoms with Gasteiger partial charge >= 0.3 is 0 Å². The van der Waals surface area contributed by atoms with Crippen LogP contribution in [0.25, 0.3) is 98.0 Å². The van der Waals surface area contributed by atoms with Crippen LogP contribution in [0.15, 0.2) is 170 Å². The van der Waals surface area contributed by atoms with Gasteiger partial charge in [0, 0.05) is 10.9 Å². The summed E-state index contributed by atoms with van der Waals surface area (Å²) in [6.45, 7) is 0. The molecule has 0 saturated heterocycles. The van der Waals surface area contributed by atoms with E-state index >= 15 is 0 Å². The van der Waals surface area contributed by atoms with Crippen LogP contribution in [0.5, 0.6) is 11.5 Å². The fraction of sp³-hybridized carbons (Fsp3) is 0. The third-order valence-electron chi connectivity index (χ3n) is 10.6. The Morgan fingerprint density at radius 2 is 0.837 bits per heavy atom. The SMILES string of the molecule is c1ccc2cc(-c3ccc4ccc5c6cc(-c7ccc8c(c7)-c7cccc9c7c(cc7ccccc79)O8)ccc6ccc5c4c3)ccc2c1. The second kappa shape index (κ2) is 10.0. The van der Waals surface area contributed by atoms with E-state index in [9.17, 15) is 0 Å². The minimum absolute atomic E-state index is 0.902. The van der Waals surface area contributed by atoms with Crippen molar-refractivity contribution >= 4 is 64.6 Å². The molecular formula is C48H28O. The molecule has 49 heavy (non-hydrogen) atoms. The van der Waals surface area contributed by atoms with E-state index in [1.165, 1.54) is 92.5 Å². The summed E-state index contributed by atoms with van der Waals surface area (Å²) >= 11 is 0. The van der Waals surface area contributed by atoms with E-state index in [0.717, 1.165) is 17.1 Å². The lowest BCUT2D eigenvalue weighted by atomic mass is 9.89. The van der Waals surface area contributed by atoms with Crippen LogP contribution < -0.4 is 4.74 Å². The zero-order valence-corrected chi connectivity index (χ0v) is 26.6. The molecule has 0 spiro atoms. The molecule has 1 aliphatic rings. The minimum atomic E-state index is 0.902. The van der Waals surface area contributed by atoms with Crippen LogP contribution in [0, 0.1) is 0 Å². The number of fused-ring (bicyclic) bond motifs is 10. The number of ether oxygens (including phenoxy) is 1. The van der Waals surface area contributed by atoms with Crippen LogP contribution in [-0.4, -0.2) is 0 Å². The van der Waals surface area contributed by atoms with Crippen molar-refractivity contribution in [3.63, 3.8) is 0 Å². The molecule has 0 amide bonds. The van der Waals surface area contributed by atoms with E-state index in [1.807, 2.05) is 0 Å². The third-order valence-corrected chi connectivity index (χ3v) is 10.6. The summed E-state index contributed by atoms with van der Waals surface area (Å²) in [6.07, 6.45) is 0. The molecule has 0 radical (unpaired) electrons. The minimum Gasteiger partial charge on any atom is -0.456 e. The molecule has 0 atom stereocenters. The van der Waals surface area contributed by atoms with Crippen LogP contribution in [0.3, 0.4) is 0 Å². The fourth-order valence-electron chi connectivity index (χ4n) is 8.15. The van der Waals surface area contributed by atoms with Crippen molar-refractivity contribution in [3.05, 3.63) is 170 Å². The Bertz CT molecular complexity index is 3020. The maximum Gasteiger partial charge on any atom is 0.136 e. The predicted molar refractivity (Wildman–Crippen MR) is 208 cm³/mol. The number of rotatable bonds is 2. The van der Waals surface area contributed by atoms with Gasteiger partial charge in [0.2, 0.25) is 0 Å². The summed E-state index contributed by atoms with van der Waals surface area (Å²) in [5, 5.41) is 15.0. The summed E-state index contributed by atoms with van der Waals surface area (Å²) in [6, 6.07) is 62.2. The van der Waals surface area contributed by atoms with E-state index in [-0.39, 0.29) is 0 Å². The second-order valence-electron chi connectivity index (χ2n) is 13.3. The molecule has 11 rings (SSSR count). The zero-order valence-electron chi connectivity index (χ0n) is 26.6. The Morgan fingerprint density at radius 1 is 0.265 bits per heavy atom. The maximum atomic E-state index is 6.58. The molecule has 226 valence electrons. The van der Waals surface area contributed by atoms with Crippen LogP contribution in [0.2, 0.25) is 0 Å². The third kappa shape index (κ3) is 4.00. The lowest BCUT2D eigenvalue weighted by Gasteiger charge is -2.23. The lowest BCUT2D eigenvalue weighted by molar-refractivity contribution is 0.488. The van der Waals surface area contributed by atoms with E-state index in [1.54, 1.807) is 0 Å². The van der Waals surface area contributed by atoms with Gasteiger partial charge in [-0.15, -0.1) is 0 Å². The Hall–Kier alpha value is -6.44. The predicted octanol–water partition coefficient (Wildman–Crippen LogP) is 13.7. The van der Waals surface area contributed by atoms with Gasteiger partial charge in [-0.05, 0) is 123 Å². The van der Waals surface area contributed by atoms with Crippen LogP contribution in [-0.2, 0) is 0 Å². The normalized spacial score (nSPS) is 12.2. The molecule has 10 aromatic carbocycles. The van der Waals surface area contributed by atoms with Gasteiger partial charge in [0.1, 0.15) is 11.5 Å². The van der Waals surface area contributed by atoms with Crippen LogP contribution in [0.4, 0.5) is 0 Å². The molecule has 0 aromatic heterocycles. The number of hydrogen-bond acceptors (Lipinski definition) is 1. The number of hydrogen-bond donors (Lipinski definition) is 0. The molecule has 0 N–H and O–H groups in total. The first-order valence-electron chi connectivity index (χ1n) is 16.9. The molecule has 0 saturated carbocycles. The fourth-order valence-corrected chi connectivity index (χ4v) is 8.15. The van der Waals surface area contributed by atoms with Gasteiger partial charge < -0.3 is 4.74 Å². The van der Waals surface area contributed by atoms with Crippen molar-refractivity contribution in [1.82, 2.24) is 0 Å². The molecular weight excluding hydrogens is 593 g/mol. The van der Waals surface area contributed by atoms with E-state index in [4.69, 9.17) is 4.74 Å². The lowest BCUT2D eigenvalue weighted by Crippen LogP contribution is -1.98. The van der Waals surface area contributed by atoms with E-state index in [0.29, 0.717) is 0 Å². The van der Waals surface area contributed by atoms with Crippen molar-refractivity contribution in [2.24, 2.45) is 0 Å². The summed E-state index contributed by atoms with van der Waals surface area (Å²) in [7, 11) is 0. The molecule has 1 nitrogen and oxygen atoms in total. The maximum absolute atomic E-state index is 6.58. The van der Waals surface area contributed by atoms with Gasteiger partial charge in [-0.2, -0.15) is 0 Å². The molecule has 1 aliphatic heterocycles. The average Bonchev–Trinajstić information content (AvgIpc) is 3.17. The van der Waals surface area contributed by atoms with Crippen molar-refractivity contribution < 1.29 is 4.74 Å². The Kier molecular flexibility index (Phi) is 5.45. The molecule has 1 heterocycles. The van der Waals surface area contributed by atoms with Gasteiger partial charge in [0.05, 0.1) is 0 Å². The standard InChI is InChI=1S/C48H28O/c1-2-7-32-24-33(15-12-29(32)6-1)34-16-13-30-18-22-40-39(43(30)25-34)21-19-31-14-17-35(26-44(31)40)36-20-23-46-45(27-36)42-11-5-10-41-38-9-4-3-8-37(38)28-47(49-46)48(41)42/h1-28H. The Balaban J connectivity index is 1.06. The topological polar surface area (TPSA) is 9.23 Å². The highest BCUT2D eigenvalue weighted by Crippen LogP contribution is 2.49. The van der Waals surface area contributed by atoms with E-state index < -0.39 is 0 Å². The molecule has 1 heteroatoms. The average molecular weight is 621 g/mol. The van der Waals surface area contributed by atoms with Crippen LogP contribution >= 0.6 is 0 Å². The van der Waals surface area contributed by atoms with Gasteiger partial charge in [0.25, 0.3) is 0 Å². The zero-order chi connectivity index (χ0) is 32.1. The highest BCUT2D eigenvalue weighted by Gasteiger charge is 2.22. The first-order chi connectivity index (χ1) is 24.2. The summed E-state index contributed by atoms with van der Waals surface area (Å²) < 4.78 is 6.58. The second-order valence-corrected chi connectivity index (χ2v) is 13.3. The highest BCUT2D eigenvalue weighted by molar-refractivity contribution is 6.19. The van der Waals surface area contributed by atoms with Gasteiger partial charge in [-0.25, -0.2) is 0 Å². The van der Waals surface area contributed by atoms with Gasteiger partial charge in [-0.3, -0.25) is 0 Å².